The molecule has 1 aromatic rings. The molecule has 1 aromatic carbocycles. The highest BCUT2D eigenvalue weighted by Gasteiger charge is 2.19. The number of hydrogen-bond acceptors (Lipinski definition) is 2. The second-order valence-electron chi connectivity index (χ2n) is 4.18. The highest BCUT2D eigenvalue weighted by molar-refractivity contribution is 5.86. The molecular weight excluding hydrogens is 216 g/mol. The van der Waals surface area contributed by atoms with E-state index in [1.807, 2.05) is 30.3 Å². The van der Waals surface area contributed by atoms with E-state index in [0.717, 1.165) is 12.0 Å². The van der Waals surface area contributed by atoms with Gasteiger partial charge in [-0.3, -0.25) is 9.59 Å². The van der Waals surface area contributed by atoms with Gasteiger partial charge in [0.15, 0.2) is 0 Å². The molecule has 17 heavy (non-hydrogen) atoms. The molecule has 4 heteroatoms. The van der Waals surface area contributed by atoms with E-state index < -0.39 is 0 Å². The van der Waals surface area contributed by atoms with Gasteiger partial charge in [0.1, 0.15) is 0 Å². The molecule has 1 N–H and O–H groups in total. The van der Waals surface area contributed by atoms with Crippen LogP contribution in [0.15, 0.2) is 30.3 Å². The maximum absolute atomic E-state index is 12.0. The van der Waals surface area contributed by atoms with Crippen molar-refractivity contribution in [3.8, 4) is 0 Å². The molecule has 2 amide bonds. The smallest absolute Gasteiger partial charge is 0.239 e. The standard InChI is InChI=1S/C13H16N2O2/c16-12-10-15(8-4-7-14-12)13(17)9-11-5-2-1-3-6-11/h1-3,5-6H,4,7-10H2,(H,14,16). The molecule has 90 valence electrons. The molecule has 1 aliphatic heterocycles. The zero-order valence-corrected chi connectivity index (χ0v) is 9.69. The molecule has 0 saturated carbocycles. The third-order valence-corrected chi connectivity index (χ3v) is 2.81. The Bertz CT molecular complexity index is 403. The van der Waals surface area contributed by atoms with Crippen molar-refractivity contribution >= 4 is 11.8 Å². The summed E-state index contributed by atoms with van der Waals surface area (Å²) in [5.41, 5.74) is 0.988. The van der Waals surface area contributed by atoms with Gasteiger partial charge in [-0.15, -0.1) is 0 Å². The van der Waals surface area contributed by atoms with Gasteiger partial charge in [0.05, 0.1) is 13.0 Å². The zero-order valence-electron chi connectivity index (χ0n) is 9.69. The fraction of sp³-hybridized carbons (Fsp3) is 0.385. The Morgan fingerprint density at radius 2 is 2.06 bits per heavy atom. The lowest BCUT2D eigenvalue weighted by atomic mass is 10.1. The van der Waals surface area contributed by atoms with Gasteiger partial charge in [-0.1, -0.05) is 30.3 Å². The van der Waals surface area contributed by atoms with Crippen LogP contribution in [-0.2, 0) is 16.0 Å². The molecule has 1 aliphatic rings. The molecule has 0 unspecified atom stereocenters. The molecule has 0 atom stereocenters. The van der Waals surface area contributed by atoms with E-state index >= 15 is 0 Å². The summed E-state index contributed by atoms with van der Waals surface area (Å²) in [6, 6.07) is 9.61. The van der Waals surface area contributed by atoms with Crippen molar-refractivity contribution in [3.05, 3.63) is 35.9 Å². The predicted octanol–water partition coefficient (Wildman–Crippen LogP) is 0.578. The Kier molecular flexibility index (Phi) is 3.75. The first-order chi connectivity index (χ1) is 8.25. The van der Waals surface area contributed by atoms with Crippen molar-refractivity contribution in [2.75, 3.05) is 19.6 Å². The van der Waals surface area contributed by atoms with Gasteiger partial charge < -0.3 is 10.2 Å². The van der Waals surface area contributed by atoms with Crippen molar-refractivity contribution in [2.45, 2.75) is 12.8 Å². The van der Waals surface area contributed by atoms with Gasteiger partial charge in [-0.05, 0) is 12.0 Å². The second-order valence-corrected chi connectivity index (χ2v) is 4.18. The van der Waals surface area contributed by atoms with Crippen molar-refractivity contribution in [1.82, 2.24) is 10.2 Å². The van der Waals surface area contributed by atoms with Crippen LogP contribution in [-0.4, -0.2) is 36.3 Å². The van der Waals surface area contributed by atoms with E-state index in [4.69, 9.17) is 0 Å². The molecule has 0 radical (unpaired) electrons. The normalized spacial score (nSPS) is 16.2. The summed E-state index contributed by atoms with van der Waals surface area (Å²) < 4.78 is 0. The number of nitrogens with one attached hydrogen (secondary N) is 1. The van der Waals surface area contributed by atoms with Crippen molar-refractivity contribution in [3.63, 3.8) is 0 Å². The van der Waals surface area contributed by atoms with Crippen molar-refractivity contribution in [1.29, 1.82) is 0 Å². The maximum Gasteiger partial charge on any atom is 0.239 e. The molecule has 0 bridgehead atoms. The summed E-state index contributed by atoms with van der Waals surface area (Å²) in [5, 5.41) is 2.76. The topological polar surface area (TPSA) is 49.4 Å². The number of carbonyl (C=O) groups excluding carboxylic acids is 2. The van der Waals surface area contributed by atoms with Crippen LogP contribution >= 0.6 is 0 Å². The largest absolute Gasteiger partial charge is 0.354 e. The molecule has 1 saturated heterocycles. The van der Waals surface area contributed by atoms with E-state index in [2.05, 4.69) is 5.32 Å². The average Bonchev–Trinajstić information content (AvgIpc) is 2.55. The first-order valence-electron chi connectivity index (χ1n) is 5.84. The zero-order chi connectivity index (χ0) is 12.1. The van der Waals surface area contributed by atoms with Gasteiger partial charge in [0, 0.05) is 13.1 Å². The lowest BCUT2D eigenvalue weighted by Crippen LogP contribution is -2.38. The Labute approximate surface area is 101 Å². The Morgan fingerprint density at radius 3 is 2.82 bits per heavy atom. The molecule has 1 fully saturated rings. The predicted molar refractivity (Wildman–Crippen MR) is 64.4 cm³/mol. The van der Waals surface area contributed by atoms with Crippen molar-refractivity contribution < 1.29 is 9.59 Å². The minimum absolute atomic E-state index is 0.0215. The molecule has 0 aromatic heterocycles. The minimum atomic E-state index is -0.0658. The first kappa shape index (κ1) is 11.6. The van der Waals surface area contributed by atoms with Crippen LogP contribution in [0, 0.1) is 0 Å². The van der Waals surface area contributed by atoms with Gasteiger partial charge in [-0.25, -0.2) is 0 Å². The summed E-state index contributed by atoms with van der Waals surface area (Å²) in [6.07, 6.45) is 1.19. The number of rotatable bonds is 2. The highest BCUT2D eigenvalue weighted by Crippen LogP contribution is 2.04. The number of benzene rings is 1. The van der Waals surface area contributed by atoms with E-state index in [0.29, 0.717) is 19.5 Å². The Morgan fingerprint density at radius 1 is 1.29 bits per heavy atom. The summed E-state index contributed by atoms with van der Waals surface area (Å²) in [6.45, 7) is 1.50. The molecule has 0 aliphatic carbocycles. The van der Waals surface area contributed by atoms with Gasteiger partial charge >= 0.3 is 0 Å². The monoisotopic (exact) mass is 232 g/mol. The van der Waals surface area contributed by atoms with Crippen LogP contribution < -0.4 is 5.32 Å². The summed E-state index contributed by atoms with van der Waals surface area (Å²) in [4.78, 5) is 25.0. The van der Waals surface area contributed by atoms with Gasteiger partial charge in [0.2, 0.25) is 11.8 Å². The molecule has 4 nitrogen and oxygen atoms in total. The SMILES string of the molecule is O=C1CN(C(=O)Cc2ccccc2)CCCN1. The maximum atomic E-state index is 12.0. The van der Waals surface area contributed by atoms with Gasteiger partial charge in [0.25, 0.3) is 0 Å². The number of amides is 2. The average molecular weight is 232 g/mol. The number of nitrogens with zero attached hydrogens (tertiary/aromatic N) is 1. The Balaban J connectivity index is 1.97. The molecule has 2 rings (SSSR count). The van der Waals surface area contributed by atoms with E-state index in [1.54, 1.807) is 4.90 Å². The third-order valence-electron chi connectivity index (χ3n) is 2.81. The summed E-state index contributed by atoms with van der Waals surface area (Å²) in [7, 11) is 0. The van der Waals surface area contributed by atoms with E-state index in [-0.39, 0.29) is 18.4 Å². The fourth-order valence-corrected chi connectivity index (χ4v) is 1.90. The van der Waals surface area contributed by atoms with E-state index in [1.165, 1.54) is 0 Å². The first-order valence-corrected chi connectivity index (χ1v) is 5.84. The van der Waals surface area contributed by atoms with Crippen LogP contribution in [0.4, 0.5) is 0 Å². The van der Waals surface area contributed by atoms with Crippen LogP contribution in [0.5, 0.6) is 0 Å². The minimum Gasteiger partial charge on any atom is -0.354 e. The Hall–Kier alpha value is -1.84. The van der Waals surface area contributed by atoms with Gasteiger partial charge in [-0.2, -0.15) is 0 Å². The van der Waals surface area contributed by atoms with E-state index in [9.17, 15) is 9.59 Å². The lowest BCUT2D eigenvalue weighted by Gasteiger charge is -2.18. The molecule has 1 heterocycles. The van der Waals surface area contributed by atoms with Crippen LogP contribution in [0.1, 0.15) is 12.0 Å². The van der Waals surface area contributed by atoms with Crippen LogP contribution in [0.3, 0.4) is 0 Å². The number of hydrogen-bond donors (Lipinski definition) is 1. The third kappa shape index (κ3) is 3.31. The molecular formula is C13H16N2O2. The summed E-state index contributed by atoms with van der Waals surface area (Å²) in [5.74, 6) is -0.0443. The highest BCUT2D eigenvalue weighted by atomic mass is 16.2. The van der Waals surface area contributed by atoms with Crippen LogP contribution in [0.25, 0.3) is 0 Å². The van der Waals surface area contributed by atoms with Crippen molar-refractivity contribution in [2.24, 2.45) is 0 Å². The fourth-order valence-electron chi connectivity index (χ4n) is 1.90. The molecule has 0 spiro atoms. The lowest BCUT2D eigenvalue weighted by molar-refractivity contribution is -0.134. The second kappa shape index (κ2) is 5.48. The quantitative estimate of drug-likeness (QED) is 0.810. The summed E-state index contributed by atoms with van der Waals surface area (Å²) >= 11 is 0. The number of carbonyl (C=O) groups is 2. The van der Waals surface area contributed by atoms with Crippen LogP contribution in [0.2, 0.25) is 0 Å².